The van der Waals surface area contributed by atoms with E-state index in [2.05, 4.69) is 12.1 Å². The highest BCUT2D eigenvalue weighted by Gasteiger charge is 1.99. The fourth-order valence-electron chi connectivity index (χ4n) is 0.791. The van der Waals surface area contributed by atoms with E-state index in [0.29, 0.717) is 0 Å². The molecule has 1 nitrogen and oxygen atoms in total. The Morgan fingerprint density at radius 3 is 2.46 bits per heavy atom. The van der Waals surface area contributed by atoms with Crippen LogP contribution in [0.5, 0.6) is 0 Å². The van der Waals surface area contributed by atoms with Crippen LogP contribution in [-0.2, 0) is 0 Å². The zero-order valence-electron chi connectivity index (χ0n) is 7.86. The van der Waals surface area contributed by atoms with Crippen LogP contribution in [0.15, 0.2) is 35.2 Å². The van der Waals surface area contributed by atoms with Gasteiger partial charge in [0.15, 0.2) is 0 Å². The van der Waals surface area contributed by atoms with E-state index in [4.69, 9.17) is 12.2 Å². The summed E-state index contributed by atoms with van der Waals surface area (Å²) in [6, 6.07) is 10.3. The molecule has 3 heteroatoms. The van der Waals surface area contributed by atoms with Gasteiger partial charge in [0.05, 0.1) is 4.99 Å². The Hall–Kier alpha value is -0.540. The Morgan fingerprint density at radius 1 is 1.31 bits per heavy atom. The van der Waals surface area contributed by atoms with Gasteiger partial charge in [0.1, 0.15) is 0 Å². The summed E-state index contributed by atoms with van der Waals surface area (Å²) in [5, 5.41) is 0. The number of hydrogen-bond donors (Lipinski definition) is 0. The quantitative estimate of drug-likeness (QED) is 0.559. The van der Waals surface area contributed by atoms with Crippen molar-refractivity contribution in [1.29, 1.82) is 0 Å². The third-order valence-electron chi connectivity index (χ3n) is 1.60. The third-order valence-corrected chi connectivity index (χ3v) is 3.32. The van der Waals surface area contributed by atoms with Gasteiger partial charge in [-0.25, -0.2) is 0 Å². The zero-order chi connectivity index (χ0) is 9.68. The zero-order valence-corrected chi connectivity index (χ0v) is 9.49. The first-order valence-electron chi connectivity index (χ1n) is 4.08. The maximum atomic E-state index is 5.18. The number of thiocarbonyl (C=S) groups is 1. The van der Waals surface area contributed by atoms with Crippen molar-refractivity contribution in [2.24, 2.45) is 0 Å². The van der Waals surface area contributed by atoms with Crippen molar-refractivity contribution >= 4 is 29.0 Å². The summed E-state index contributed by atoms with van der Waals surface area (Å²) in [6.07, 6.45) is 0. The van der Waals surface area contributed by atoms with Gasteiger partial charge >= 0.3 is 0 Å². The van der Waals surface area contributed by atoms with E-state index in [1.165, 1.54) is 4.90 Å². The van der Waals surface area contributed by atoms with Crippen molar-refractivity contribution in [3.63, 3.8) is 0 Å². The van der Waals surface area contributed by atoms with Crippen LogP contribution in [0.1, 0.15) is 0 Å². The predicted molar refractivity (Wildman–Crippen MR) is 63.5 cm³/mol. The van der Waals surface area contributed by atoms with Gasteiger partial charge < -0.3 is 4.90 Å². The Morgan fingerprint density at radius 2 is 1.92 bits per heavy atom. The largest absolute Gasteiger partial charge is 0.372 e. The maximum Gasteiger partial charge on any atom is 0.0878 e. The molecule has 70 valence electrons. The minimum Gasteiger partial charge on any atom is -0.372 e. The summed E-state index contributed by atoms with van der Waals surface area (Å²) >= 11 is 6.96. The Balaban J connectivity index is 2.40. The molecule has 0 atom stereocenters. The average Bonchev–Trinajstić information content (AvgIpc) is 2.15. The number of benzene rings is 1. The van der Waals surface area contributed by atoms with Gasteiger partial charge in [-0.1, -0.05) is 30.4 Å². The summed E-state index contributed by atoms with van der Waals surface area (Å²) in [6.45, 7) is 0. The van der Waals surface area contributed by atoms with Crippen molar-refractivity contribution in [2.75, 3.05) is 19.8 Å². The SMILES string of the molecule is CN(C)C(=S)CSc1ccccc1. The van der Waals surface area contributed by atoms with E-state index < -0.39 is 0 Å². The fourth-order valence-corrected chi connectivity index (χ4v) is 1.87. The van der Waals surface area contributed by atoms with Crippen LogP contribution in [0.2, 0.25) is 0 Å². The highest BCUT2D eigenvalue weighted by atomic mass is 32.2. The van der Waals surface area contributed by atoms with Crippen LogP contribution < -0.4 is 0 Å². The fraction of sp³-hybridized carbons (Fsp3) is 0.300. The molecule has 0 aromatic heterocycles. The third kappa shape index (κ3) is 3.79. The molecule has 0 saturated heterocycles. The molecule has 0 aliphatic rings. The summed E-state index contributed by atoms with van der Waals surface area (Å²) in [5.74, 6) is 0.881. The molecule has 1 aromatic carbocycles. The van der Waals surface area contributed by atoms with Crippen molar-refractivity contribution in [1.82, 2.24) is 4.90 Å². The van der Waals surface area contributed by atoms with Crippen molar-refractivity contribution in [3.8, 4) is 0 Å². The molecule has 13 heavy (non-hydrogen) atoms. The molecule has 0 spiro atoms. The van der Waals surface area contributed by atoms with Gasteiger partial charge in [-0.05, 0) is 12.1 Å². The van der Waals surface area contributed by atoms with Gasteiger partial charge in [-0.15, -0.1) is 11.8 Å². The first-order chi connectivity index (χ1) is 6.20. The number of nitrogens with zero attached hydrogens (tertiary/aromatic N) is 1. The minimum atomic E-state index is 0.881. The average molecular weight is 211 g/mol. The van der Waals surface area contributed by atoms with E-state index in [1.807, 2.05) is 37.2 Å². The molecular formula is C10H13NS2. The molecule has 0 N–H and O–H groups in total. The molecule has 0 heterocycles. The number of thioether (sulfide) groups is 1. The topological polar surface area (TPSA) is 3.24 Å². The summed E-state index contributed by atoms with van der Waals surface area (Å²) in [4.78, 5) is 4.23. The molecule has 0 aliphatic carbocycles. The lowest BCUT2D eigenvalue weighted by atomic mass is 10.4. The second-order valence-electron chi connectivity index (χ2n) is 2.89. The first-order valence-corrected chi connectivity index (χ1v) is 5.47. The monoisotopic (exact) mass is 211 g/mol. The number of rotatable bonds is 3. The number of hydrogen-bond acceptors (Lipinski definition) is 2. The Bertz CT molecular complexity index is 270. The molecule has 0 radical (unpaired) electrons. The normalized spacial score (nSPS) is 9.69. The summed E-state index contributed by atoms with van der Waals surface area (Å²) < 4.78 is 0. The lowest BCUT2D eigenvalue weighted by molar-refractivity contribution is 0.633. The van der Waals surface area contributed by atoms with Crippen LogP contribution >= 0.6 is 24.0 Å². The first kappa shape index (κ1) is 10.5. The van der Waals surface area contributed by atoms with E-state index >= 15 is 0 Å². The van der Waals surface area contributed by atoms with Crippen LogP contribution in [0, 0.1) is 0 Å². The van der Waals surface area contributed by atoms with Gasteiger partial charge in [-0.3, -0.25) is 0 Å². The summed E-state index contributed by atoms with van der Waals surface area (Å²) in [7, 11) is 3.96. The molecule has 0 saturated carbocycles. The standard InChI is InChI=1S/C10H13NS2/c1-11(2)10(12)8-13-9-6-4-3-5-7-9/h3-7H,8H2,1-2H3. The van der Waals surface area contributed by atoms with Gasteiger partial charge in [0.2, 0.25) is 0 Å². The van der Waals surface area contributed by atoms with Gasteiger partial charge in [-0.2, -0.15) is 0 Å². The second kappa shape index (κ2) is 5.25. The molecule has 0 amide bonds. The molecule has 1 aromatic rings. The summed E-state index contributed by atoms with van der Waals surface area (Å²) in [5.41, 5.74) is 0. The highest BCUT2D eigenvalue weighted by molar-refractivity contribution is 8.01. The van der Waals surface area contributed by atoms with E-state index in [-0.39, 0.29) is 0 Å². The predicted octanol–water partition coefficient (Wildman–Crippen LogP) is 2.67. The highest BCUT2D eigenvalue weighted by Crippen LogP contribution is 2.17. The van der Waals surface area contributed by atoms with Crippen molar-refractivity contribution in [3.05, 3.63) is 30.3 Å². The van der Waals surface area contributed by atoms with Crippen LogP contribution in [0.3, 0.4) is 0 Å². The molecule has 0 fully saturated rings. The second-order valence-corrected chi connectivity index (χ2v) is 4.41. The Kier molecular flexibility index (Phi) is 4.25. The molecule has 0 aliphatic heterocycles. The lowest BCUT2D eigenvalue weighted by Gasteiger charge is -2.12. The lowest BCUT2D eigenvalue weighted by Crippen LogP contribution is -2.21. The van der Waals surface area contributed by atoms with Crippen molar-refractivity contribution < 1.29 is 0 Å². The van der Waals surface area contributed by atoms with Crippen LogP contribution in [0.25, 0.3) is 0 Å². The molecule has 1 rings (SSSR count). The van der Waals surface area contributed by atoms with Crippen LogP contribution in [0.4, 0.5) is 0 Å². The van der Waals surface area contributed by atoms with E-state index in [1.54, 1.807) is 11.8 Å². The molecular weight excluding hydrogens is 198 g/mol. The smallest absolute Gasteiger partial charge is 0.0878 e. The van der Waals surface area contributed by atoms with E-state index in [0.717, 1.165) is 10.7 Å². The minimum absolute atomic E-state index is 0.881. The van der Waals surface area contributed by atoms with Crippen LogP contribution in [-0.4, -0.2) is 29.7 Å². The molecule has 0 unspecified atom stereocenters. The van der Waals surface area contributed by atoms with Gasteiger partial charge in [0.25, 0.3) is 0 Å². The molecule has 0 bridgehead atoms. The van der Waals surface area contributed by atoms with Gasteiger partial charge in [0, 0.05) is 24.7 Å². The Labute approximate surface area is 89.1 Å². The van der Waals surface area contributed by atoms with E-state index in [9.17, 15) is 0 Å². The maximum absolute atomic E-state index is 5.18. The van der Waals surface area contributed by atoms with Crippen molar-refractivity contribution in [2.45, 2.75) is 4.90 Å².